The van der Waals surface area contributed by atoms with Crippen LogP contribution in [0.2, 0.25) is 0 Å². The van der Waals surface area contributed by atoms with Crippen LogP contribution in [-0.4, -0.2) is 10.0 Å². The number of rotatable bonds is 3. The summed E-state index contributed by atoms with van der Waals surface area (Å²) in [5.74, 6) is -3.26. The zero-order valence-corrected chi connectivity index (χ0v) is 10.3. The van der Waals surface area contributed by atoms with Gasteiger partial charge in [0.2, 0.25) is 0 Å². The van der Waals surface area contributed by atoms with Crippen molar-refractivity contribution >= 4 is 5.69 Å². The first-order valence-corrected chi connectivity index (χ1v) is 5.49. The Morgan fingerprint density at radius 1 is 1.15 bits per heavy atom. The molecule has 7 heteroatoms. The number of hydrogen-bond acceptors (Lipinski definition) is 4. The first-order valence-electron chi connectivity index (χ1n) is 5.49. The summed E-state index contributed by atoms with van der Waals surface area (Å²) in [5.41, 5.74) is -0.0813. The van der Waals surface area contributed by atoms with Gasteiger partial charge in [-0.1, -0.05) is 0 Å². The van der Waals surface area contributed by atoms with Gasteiger partial charge in [0.25, 0.3) is 5.69 Å². The Hall–Kier alpha value is -2.70. The molecule has 0 aliphatic rings. The Balaban J connectivity index is 2.41. The number of phenolic OH excluding ortho intramolecular Hbond substituents is 1. The summed E-state index contributed by atoms with van der Waals surface area (Å²) in [7, 11) is 0. The van der Waals surface area contributed by atoms with E-state index in [0.717, 1.165) is 0 Å². The Kier molecular flexibility index (Phi) is 3.51. The summed E-state index contributed by atoms with van der Waals surface area (Å²) in [6, 6.07) is 5.20. The van der Waals surface area contributed by atoms with E-state index in [2.05, 4.69) is 0 Å². The van der Waals surface area contributed by atoms with Gasteiger partial charge >= 0.3 is 0 Å². The molecular formula is C13H9F2NO4. The smallest absolute Gasteiger partial charge is 0.275 e. The van der Waals surface area contributed by atoms with Crippen molar-refractivity contribution in [3.63, 3.8) is 0 Å². The number of aromatic hydroxyl groups is 1. The van der Waals surface area contributed by atoms with E-state index in [1.165, 1.54) is 18.2 Å². The molecule has 0 atom stereocenters. The largest absolute Gasteiger partial charge is 0.508 e. The Morgan fingerprint density at radius 2 is 1.75 bits per heavy atom. The highest BCUT2D eigenvalue weighted by atomic mass is 19.1. The van der Waals surface area contributed by atoms with Crippen molar-refractivity contribution in [3.05, 3.63) is 57.6 Å². The second-order valence-electron chi connectivity index (χ2n) is 4.10. The fourth-order valence-electron chi connectivity index (χ4n) is 1.65. The topological polar surface area (TPSA) is 72.6 Å². The monoisotopic (exact) mass is 281 g/mol. The second kappa shape index (κ2) is 5.12. The Bertz CT molecular complexity index is 645. The molecule has 0 saturated carbocycles. The summed E-state index contributed by atoms with van der Waals surface area (Å²) in [4.78, 5) is 9.55. The van der Waals surface area contributed by atoms with Crippen molar-refractivity contribution in [1.82, 2.24) is 0 Å². The molecule has 0 spiro atoms. The molecule has 0 aromatic heterocycles. The minimum Gasteiger partial charge on any atom is -0.508 e. The van der Waals surface area contributed by atoms with Crippen LogP contribution in [0.1, 0.15) is 5.56 Å². The van der Waals surface area contributed by atoms with Crippen molar-refractivity contribution < 1.29 is 23.5 Å². The van der Waals surface area contributed by atoms with Crippen LogP contribution in [-0.2, 0) is 0 Å². The number of ether oxygens (including phenoxy) is 1. The van der Waals surface area contributed by atoms with Gasteiger partial charge in [0.05, 0.1) is 17.1 Å². The Labute approximate surface area is 112 Å². The summed E-state index contributed by atoms with van der Waals surface area (Å²) >= 11 is 0. The van der Waals surface area contributed by atoms with Crippen LogP contribution in [0.5, 0.6) is 17.2 Å². The van der Waals surface area contributed by atoms with Gasteiger partial charge < -0.3 is 9.84 Å². The van der Waals surface area contributed by atoms with Gasteiger partial charge in [-0.15, -0.1) is 0 Å². The van der Waals surface area contributed by atoms with Crippen molar-refractivity contribution in [1.29, 1.82) is 0 Å². The molecule has 1 N–H and O–H groups in total. The number of aryl methyl sites for hydroxylation is 1. The van der Waals surface area contributed by atoms with E-state index < -0.39 is 28.0 Å². The van der Waals surface area contributed by atoms with E-state index in [9.17, 15) is 24.0 Å². The van der Waals surface area contributed by atoms with Crippen molar-refractivity contribution in [2.45, 2.75) is 6.92 Å². The lowest BCUT2D eigenvalue weighted by molar-refractivity contribution is -0.385. The summed E-state index contributed by atoms with van der Waals surface area (Å²) in [6.07, 6.45) is 0. The lowest BCUT2D eigenvalue weighted by Crippen LogP contribution is -1.96. The summed E-state index contributed by atoms with van der Waals surface area (Å²) < 4.78 is 32.3. The van der Waals surface area contributed by atoms with Gasteiger partial charge in [0, 0.05) is 6.07 Å². The molecular weight excluding hydrogens is 272 g/mol. The highest BCUT2D eigenvalue weighted by molar-refractivity contribution is 5.43. The van der Waals surface area contributed by atoms with E-state index in [-0.39, 0.29) is 11.5 Å². The van der Waals surface area contributed by atoms with Crippen LogP contribution in [0, 0.1) is 28.7 Å². The van der Waals surface area contributed by atoms with Crippen molar-refractivity contribution in [2.24, 2.45) is 0 Å². The molecule has 20 heavy (non-hydrogen) atoms. The number of benzene rings is 2. The van der Waals surface area contributed by atoms with Gasteiger partial charge in [0.1, 0.15) is 11.5 Å². The molecule has 0 aliphatic carbocycles. The maximum atomic E-state index is 13.6. The van der Waals surface area contributed by atoms with E-state index in [4.69, 9.17) is 4.74 Å². The van der Waals surface area contributed by atoms with Crippen LogP contribution in [0.3, 0.4) is 0 Å². The normalized spacial score (nSPS) is 10.3. The fourth-order valence-corrected chi connectivity index (χ4v) is 1.65. The average Bonchev–Trinajstić information content (AvgIpc) is 2.32. The maximum absolute atomic E-state index is 13.6. The lowest BCUT2D eigenvalue weighted by atomic mass is 10.2. The standard InChI is InChI=1S/C13H9F2NO4/c1-7-2-9(17)6-10(3-7)20-13-11(14)4-8(16(18)19)5-12(13)15/h2-6,17H,1H3. The van der Waals surface area contributed by atoms with E-state index in [1.54, 1.807) is 6.92 Å². The van der Waals surface area contributed by atoms with Gasteiger partial charge in [-0.25, -0.2) is 8.78 Å². The Morgan fingerprint density at radius 3 is 2.25 bits per heavy atom. The van der Waals surface area contributed by atoms with Crippen LogP contribution in [0.25, 0.3) is 0 Å². The first kappa shape index (κ1) is 13.7. The average molecular weight is 281 g/mol. The minimum absolute atomic E-state index is 0.0224. The molecule has 0 amide bonds. The van der Waals surface area contributed by atoms with Gasteiger partial charge in [-0.05, 0) is 24.6 Å². The second-order valence-corrected chi connectivity index (χ2v) is 4.10. The zero-order chi connectivity index (χ0) is 14.9. The highest BCUT2D eigenvalue weighted by Crippen LogP contribution is 2.32. The third-order valence-electron chi connectivity index (χ3n) is 2.45. The van der Waals surface area contributed by atoms with Crippen molar-refractivity contribution in [3.8, 4) is 17.2 Å². The number of halogens is 2. The molecule has 0 aliphatic heterocycles. The van der Waals surface area contributed by atoms with Gasteiger partial charge in [-0.3, -0.25) is 10.1 Å². The van der Waals surface area contributed by atoms with Crippen LogP contribution in [0.4, 0.5) is 14.5 Å². The lowest BCUT2D eigenvalue weighted by Gasteiger charge is -2.09. The molecule has 5 nitrogen and oxygen atoms in total. The molecule has 0 unspecified atom stereocenters. The van der Waals surface area contributed by atoms with Crippen LogP contribution >= 0.6 is 0 Å². The number of hydrogen-bond donors (Lipinski definition) is 1. The van der Waals surface area contributed by atoms with Gasteiger partial charge in [0.15, 0.2) is 17.4 Å². The third-order valence-corrected chi connectivity index (χ3v) is 2.45. The minimum atomic E-state index is -1.20. The quantitative estimate of drug-likeness (QED) is 0.688. The van der Waals surface area contributed by atoms with Crippen LogP contribution < -0.4 is 4.74 Å². The number of non-ortho nitro benzene ring substituents is 1. The summed E-state index contributed by atoms with van der Waals surface area (Å²) in [6.45, 7) is 1.66. The number of nitrogens with zero attached hydrogens (tertiary/aromatic N) is 1. The van der Waals surface area contributed by atoms with Crippen LogP contribution in [0.15, 0.2) is 30.3 Å². The predicted octanol–water partition coefficient (Wildman–Crippen LogP) is 3.68. The highest BCUT2D eigenvalue weighted by Gasteiger charge is 2.19. The number of nitro benzene ring substituents is 1. The third kappa shape index (κ3) is 2.82. The predicted molar refractivity (Wildman–Crippen MR) is 65.9 cm³/mol. The fraction of sp³-hybridized carbons (Fsp3) is 0.0769. The molecule has 104 valence electrons. The maximum Gasteiger partial charge on any atom is 0.275 e. The van der Waals surface area contributed by atoms with E-state index in [1.807, 2.05) is 0 Å². The zero-order valence-electron chi connectivity index (χ0n) is 10.3. The number of phenols is 1. The molecule has 2 aromatic carbocycles. The SMILES string of the molecule is Cc1cc(O)cc(Oc2c(F)cc([N+](=O)[O-])cc2F)c1. The molecule has 0 radical (unpaired) electrons. The van der Waals surface area contributed by atoms with Crippen molar-refractivity contribution in [2.75, 3.05) is 0 Å². The first-order chi connectivity index (χ1) is 9.36. The van der Waals surface area contributed by atoms with Gasteiger partial charge in [-0.2, -0.15) is 0 Å². The molecule has 0 fully saturated rings. The van der Waals surface area contributed by atoms with E-state index in [0.29, 0.717) is 17.7 Å². The molecule has 2 aromatic rings. The molecule has 0 heterocycles. The summed E-state index contributed by atoms with van der Waals surface area (Å²) in [5, 5.41) is 19.8. The molecule has 2 rings (SSSR count). The van der Waals surface area contributed by atoms with E-state index >= 15 is 0 Å². The number of nitro groups is 1. The molecule has 0 bridgehead atoms. The molecule has 0 saturated heterocycles.